The summed E-state index contributed by atoms with van der Waals surface area (Å²) >= 11 is 0. The molecule has 1 fully saturated rings. The molecule has 1 aromatic heterocycles. The molecule has 180 valence electrons. The van der Waals surface area contributed by atoms with Crippen LogP contribution in [0.4, 0.5) is 4.39 Å². The van der Waals surface area contributed by atoms with Crippen molar-refractivity contribution in [2.45, 2.75) is 38.9 Å². The zero-order valence-corrected chi connectivity index (χ0v) is 20.8. The standard InChI is InChI=1S/C27H28BFN2O4/c1-26(2)27(3,4)35-28(34-26)17-7-14-23-22(15-17)30-25(31(23)19-10-8-18(29)9-11-19)21-13-12-20(32-5)16-24(21)33-6/h7-16H,1-6H3. The van der Waals surface area contributed by atoms with Crippen molar-refractivity contribution in [2.24, 2.45) is 0 Å². The fourth-order valence-corrected chi connectivity index (χ4v) is 4.24. The molecular formula is C27H28BFN2O4. The molecule has 0 bridgehead atoms. The summed E-state index contributed by atoms with van der Waals surface area (Å²) in [6.07, 6.45) is 0. The summed E-state index contributed by atoms with van der Waals surface area (Å²) in [5.74, 6) is 1.66. The minimum absolute atomic E-state index is 0.301. The molecule has 0 aliphatic carbocycles. The SMILES string of the molecule is COc1ccc(-c2nc3cc(B4OC(C)(C)C(C)(C)O4)ccc3n2-c2ccc(F)cc2)c(OC)c1. The fourth-order valence-electron chi connectivity index (χ4n) is 4.24. The maximum Gasteiger partial charge on any atom is 0.494 e. The summed E-state index contributed by atoms with van der Waals surface area (Å²) in [7, 11) is 2.72. The van der Waals surface area contributed by atoms with Crippen molar-refractivity contribution in [1.82, 2.24) is 9.55 Å². The van der Waals surface area contributed by atoms with Crippen LogP contribution in [0.3, 0.4) is 0 Å². The topological polar surface area (TPSA) is 54.7 Å². The van der Waals surface area contributed by atoms with Gasteiger partial charge in [-0.05, 0) is 81.7 Å². The van der Waals surface area contributed by atoms with Crippen molar-refractivity contribution < 1.29 is 23.2 Å². The van der Waals surface area contributed by atoms with Gasteiger partial charge in [0, 0.05) is 11.8 Å². The van der Waals surface area contributed by atoms with Crippen LogP contribution in [0, 0.1) is 5.82 Å². The number of methoxy groups -OCH3 is 2. The number of imidazole rings is 1. The number of ether oxygens (including phenoxy) is 2. The number of halogens is 1. The molecule has 0 N–H and O–H groups in total. The quantitative estimate of drug-likeness (QED) is 0.375. The summed E-state index contributed by atoms with van der Waals surface area (Å²) in [6, 6.07) is 17.9. The summed E-state index contributed by atoms with van der Waals surface area (Å²) in [5, 5.41) is 0. The molecule has 5 rings (SSSR count). The van der Waals surface area contributed by atoms with E-state index in [9.17, 15) is 4.39 Å². The van der Waals surface area contributed by atoms with Crippen molar-refractivity contribution in [3.8, 4) is 28.6 Å². The molecule has 1 aliphatic rings. The Kier molecular flexibility index (Phi) is 5.61. The van der Waals surface area contributed by atoms with E-state index in [2.05, 4.69) is 0 Å². The number of aromatic nitrogens is 2. The van der Waals surface area contributed by atoms with E-state index in [0.29, 0.717) is 17.3 Å². The molecule has 35 heavy (non-hydrogen) atoms. The molecule has 1 aliphatic heterocycles. The average Bonchev–Trinajstić information content (AvgIpc) is 3.31. The lowest BCUT2D eigenvalue weighted by Crippen LogP contribution is -2.41. The number of benzene rings is 3. The molecule has 0 saturated carbocycles. The van der Waals surface area contributed by atoms with Crippen LogP contribution in [0.2, 0.25) is 0 Å². The Labute approximate surface area is 204 Å². The summed E-state index contributed by atoms with van der Waals surface area (Å²) < 4.78 is 39.3. The van der Waals surface area contributed by atoms with Crippen LogP contribution in [0.25, 0.3) is 28.1 Å². The van der Waals surface area contributed by atoms with Gasteiger partial charge < -0.3 is 18.8 Å². The van der Waals surface area contributed by atoms with Crippen molar-refractivity contribution >= 4 is 23.6 Å². The lowest BCUT2D eigenvalue weighted by Gasteiger charge is -2.32. The van der Waals surface area contributed by atoms with E-state index in [1.807, 2.05) is 68.7 Å². The zero-order valence-electron chi connectivity index (χ0n) is 20.8. The molecule has 6 nitrogen and oxygen atoms in total. The normalized spacial score (nSPS) is 16.6. The minimum atomic E-state index is -0.501. The molecule has 0 unspecified atom stereocenters. The summed E-state index contributed by atoms with van der Waals surface area (Å²) in [6.45, 7) is 8.12. The first kappa shape index (κ1) is 23.4. The van der Waals surface area contributed by atoms with Gasteiger partial charge in [-0.3, -0.25) is 4.57 Å². The Morgan fingerprint density at radius 2 is 1.54 bits per heavy atom. The monoisotopic (exact) mass is 474 g/mol. The second-order valence-corrected chi connectivity index (χ2v) is 9.65. The second kappa shape index (κ2) is 8.39. The van der Waals surface area contributed by atoms with Crippen molar-refractivity contribution in [3.05, 3.63) is 66.5 Å². The van der Waals surface area contributed by atoms with Gasteiger partial charge in [-0.1, -0.05) is 6.07 Å². The molecule has 4 aromatic rings. The molecule has 2 heterocycles. The highest BCUT2D eigenvalue weighted by Gasteiger charge is 2.51. The lowest BCUT2D eigenvalue weighted by atomic mass is 9.79. The van der Waals surface area contributed by atoms with E-state index in [-0.39, 0.29) is 5.82 Å². The molecule has 0 spiro atoms. The molecule has 8 heteroatoms. The van der Waals surface area contributed by atoms with E-state index in [1.165, 1.54) is 12.1 Å². The van der Waals surface area contributed by atoms with Gasteiger partial charge in [-0.15, -0.1) is 0 Å². The molecule has 0 radical (unpaired) electrons. The van der Waals surface area contributed by atoms with Crippen molar-refractivity contribution in [1.29, 1.82) is 0 Å². The zero-order chi connectivity index (χ0) is 25.0. The number of hydrogen-bond donors (Lipinski definition) is 0. The molecule has 0 amide bonds. The number of hydrogen-bond acceptors (Lipinski definition) is 5. The van der Waals surface area contributed by atoms with Crippen LogP contribution in [0.5, 0.6) is 11.5 Å². The van der Waals surface area contributed by atoms with Gasteiger partial charge in [0.1, 0.15) is 23.1 Å². The summed E-state index contributed by atoms with van der Waals surface area (Å²) in [4.78, 5) is 4.99. The Hall–Kier alpha value is -3.36. The Morgan fingerprint density at radius 1 is 0.857 bits per heavy atom. The Morgan fingerprint density at radius 3 is 2.17 bits per heavy atom. The van der Waals surface area contributed by atoms with E-state index >= 15 is 0 Å². The van der Waals surface area contributed by atoms with Gasteiger partial charge in [-0.2, -0.15) is 0 Å². The van der Waals surface area contributed by atoms with Gasteiger partial charge in [-0.25, -0.2) is 9.37 Å². The smallest absolute Gasteiger partial charge is 0.494 e. The van der Waals surface area contributed by atoms with Crippen LogP contribution in [0.1, 0.15) is 27.7 Å². The summed E-state index contributed by atoms with van der Waals surface area (Å²) in [5.41, 5.74) is 3.19. The average molecular weight is 474 g/mol. The predicted octanol–water partition coefficient (Wildman–Crippen LogP) is 5.15. The van der Waals surface area contributed by atoms with Gasteiger partial charge in [0.25, 0.3) is 0 Å². The van der Waals surface area contributed by atoms with Gasteiger partial charge in [0.2, 0.25) is 0 Å². The molecule has 0 atom stereocenters. The highest BCUT2D eigenvalue weighted by molar-refractivity contribution is 6.62. The van der Waals surface area contributed by atoms with Gasteiger partial charge in [0.05, 0.1) is 42.0 Å². The molecular weight excluding hydrogens is 446 g/mol. The number of nitrogens with zero attached hydrogens (tertiary/aromatic N) is 2. The third-order valence-corrected chi connectivity index (χ3v) is 6.94. The van der Waals surface area contributed by atoms with E-state index in [1.54, 1.807) is 26.4 Å². The lowest BCUT2D eigenvalue weighted by molar-refractivity contribution is 0.00578. The van der Waals surface area contributed by atoms with Gasteiger partial charge in [0.15, 0.2) is 0 Å². The Balaban J connectivity index is 1.69. The van der Waals surface area contributed by atoms with Crippen molar-refractivity contribution in [3.63, 3.8) is 0 Å². The highest BCUT2D eigenvalue weighted by atomic mass is 19.1. The maximum atomic E-state index is 13.7. The third-order valence-electron chi connectivity index (χ3n) is 6.94. The highest BCUT2D eigenvalue weighted by Crippen LogP contribution is 2.38. The largest absolute Gasteiger partial charge is 0.497 e. The minimum Gasteiger partial charge on any atom is -0.497 e. The van der Waals surface area contributed by atoms with Crippen LogP contribution >= 0.6 is 0 Å². The van der Waals surface area contributed by atoms with Crippen LogP contribution in [-0.2, 0) is 9.31 Å². The first-order valence-electron chi connectivity index (χ1n) is 11.5. The maximum absolute atomic E-state index is 13.7. The molecule has 3 aromatic carbocycles. The molecule has 1 saturated heterocycles. The van der Waals surface area contributed by atoms with Crippen LogP contribution in [-0.4, -0.2) is 42.1 Å². The third kappa shape index (κ3) is 3.96. The van der Waals surface area contributed by atoms with E-state index < -0.39 is 18.3 Å². The van der Waals surface area contributed by atoms with Gasteiger partial charge >= 0.3 is 7.12 Å². The predicted molar refractivity (Wildman–Crippen MR) is 135 cm³/mol. The van der Waals surface area contributed by atoms with Crippen LogP contribution < -0.4 is 14.9 Å². The Bertz CT molecular complexity index is 1380. The number of fused-ring (bicyclic) bond motifs is 1. The fraction of sp³-hybridized carbons (Fsp3) is 0.296. The first-order chi connectivity index (χ1) is 16.6. The van der Waals surface area contributed by atoms with Crippen molar-refractivity contribution in [2.75, 3.05) is 14.2 Å². The second-order valence-electron chi connectivity index (χ2n) is 9.65. The number of rotatable bonds is 5. The van der Waals surface area contributed by atoms with E-state index in [4.69, 9.17) is 23.8 Å². The van der Waals surface area contributed by atoms with Crippen LogP contribution in [0.15, 0.2) is 60.7 Å². The first-order valence-corrected chi connectivity index (χ1v) is 11.5. The van der Waals surface area contributed by atoms with E-state index in [0.717, 1.165) is 27.7 Å².